The molecule has 0 N–H and O–H groups in total. The zero-order valence-electron chi connectivity index (χ0n) is 18.7. The van der Waals surface area contributed by atoms with Crippen molar-refractivity contribution in [1.82, 2.24) is 9.88 Å². The lowest BCUT2D eigenvalue weighted by molar-refractivity contribution is 0.0980. The summed E-state index contributed by atoms with van der Waals surface area (Å²) in [6.07, 6.45) is 10.6. The third-order valence-corrected chi connectivity index (χ3v) is 6.50. The molecule has 3 aromatic rings. The van der Waals surface area contributed by atoms with Crippen molar-refractivity contribution < 1.29 is 9.18 Å². The van der Waals surface area contributed by atoms with Crippen molar-refractivity contribution in [2.45, 2.75) is 25.7 Å². The lowest BCUT2D eigenvalue weighted by Gasteiger charge is -2.29. The lowest BCUT2D eigenvalue weighted by Crippen LogP contribution is -2.36. The number of amides is 1. The second-order valence-electron chi connectivity index (χ2n) is 8.80. The molecule has 4 nitrogen and oxygen atoms in total. The van der Waals surface area contributed by atoms with E-state index in [0.717, 1.165) is 36.2 Å². The van der Waals surface area contributed by atoms with Gasteiger partial charge >= 0.3 is 0 Å². The van der Waals surface area contributed by atoms with E-state index in [4.69, 9.17) is 0 Å². The first-order chi connectivity index (χ1) is 16.2. The molecule has 0 aliphatic carbocycles. The summed E-state index contributed by atoms with van der Waals surface area (Å²) in [4.78, 5) is 22.0. The summed E-state index contributed by atoms with van der Waals surface area (Å²) >= 11 is 0. The van der Waals surface area contributed by atoms with Crippen LogP contribution in [0, 0.1) is 5.82 Å². The van der Waals surface area contributed by atoms with Crippen LogP contribution in [-0.4, -0.2) is 42.0 Å². The fourth-order valence-corrected chi connectivity index (χ4v) is 4.71. The zero-order chi connectivity index (χ0) is 22.6. The number of anilines is 1. The minimum absolute atomic E-state index is 0.0843. The molecule has 0 radical (unpaired) electrons. The molecule has 5 heteroatoms. The monoisotopic (exact) mass is 441 g/mol. The van der Waals surface area contributed by atoms with Gasteiger partial charge in [-0.05, 0) is 85.8 Å². The number of hydrogen-bond acceptors (Lipinski definition) is 3. The average molecular weight is 442 g/mol. The van der Waals surface area contributed by atoms with E-state index >= 15 is 0 Å². The third-order valence-electron chi connectivity index (χ3n) is 6.50. The maximum atomic E-state index is 13.3. The minimum Gasteiger partial charge on any atom is -0.307 e. The number of carbonyl (C=O) groups is 1. The summed E-state index contributed by atoms with van der Waals surface area (Å²) in [5, 5.41) is 0. The number of likely N-dealkylation sites (tertiary alicyclic amines) is 1. The standard InChI is InChI=1S/C28H28FN3O/c29-25-11-8-22(9-12-25)24-10-13-26(30-20-24)28(33)32-18-4-6-23-19-21(7-14-27(23)32)5-3-17-31-15-1-2-16-31/h3,5,7-14,19-20H,1-2,4,6,15-18H2. The molecule has 1 amide bonds. The van der Waals surface area contributed by atoms with E-state index in [9.17, 15) is 9.18 Å². The van der Waals surface area contributed by atoms with Crippen LogP contribution in [0.2, 0.25) is 0 Å². The molecule has 33 heavy (non-hydrogen) atoms. The van der Waals surface area contributed by atoms with Crippen molar-refractivity contribution in [3.63, 3.8) is 0 Å². The van der Waals surface area contributed by atoms with Crippen LogP contribution in [0.4, 0.5) is 10.1 Å². The molecule has 1 saturated heterocycles. The van der Waals surface area contributed by atoms with E-state index in [1.165, 1.54) is 49.2 Å². The summed E-state index contributed by atoms with van der Waals surface area (Å²) in [6.45, 7) is 4.09. The summed E-state index contributed by atoms with van der Waals surface area (Å²) in [5.41, 5.74) is 5.52. The van der Waals surface area contributed by atoms with Gasteiger partial charge in [-0.25, -0.2) is 4.39 Å². The Bertz CT molecular complexity index is 1150. The predicted molar refractivity (Wildman–Crippen MR) is 131 cm³/mol. The van der Waals surface area contributed by atoms with Crippen molar-refractivity contribution >= 4 is 17.7 Å². The van der Waals surface area contributed by atoms with Gasteiger partial charge in [0.1, 0.15) is 11.5 Å². The number of aryl methyl sites for hydroxylation is 1. The molecule has 168 valence electrons. The zero-order valence-corrected chi connectivity index (χ0v) is 18.7. The van der Waals surface area contributed by atoms with Crippen molar-refractivity contribution in [3.8, 4) is 11.1 Å². The number of benzene rings is 2. The number of pyridine rings is 1. The molecule has 3 heterocycles. The van der Waals surface area contributed by atoms with Gasteiger partial charge in [0.15, 0.2) is 0 Å². The Hall–Kier alpha value is -3.31. The Morgan fingerprint density at radius 2 is 1.73 bits per heavy atom. The van der Waals surface area contributed by atoms with Crippen molar-refractivity contribution in [3.05, 3.63) is 89.5 Å². The molecule has 0 atom stereocenters. The second kappa shape index (κ2) is 9.67. The van der Waals surface area contributed by atoms with E-state index in [-0.39, 0.29) is 11.7 Å². The smallest absolute Gasteiger partial charge is 0.276 e. The van der Waals surface area contributed by atoms with Gasteiger partial charge in [-0.1, -0.05) is 36.4 Å². The molecule has 0 saturated carbocycles. The van der Waals surface area contributed by atoms with Crippen LogP contribution >= 0.6 is 0 Å². The van der Waals surface area contributed by atoms with Gasteiger partial charge in [0.25, 0.3) is 5.91 Å². The lowest BCUT2D eigenvalue weighted by atomic mass is 9.98. The first kappa shape index (κ1) is 21.5. The first-order valence-corrected chi connectivity index (χ1v) is 11.7. The van der Waals surface area contributed by atoms with Crippen LogP contribution in [0.1, 0.15) is 40.9 Å². The third kappa shape index (κ3) is 4.88. The average Bonchev–Trinajstić information content (AvgIpc) is 3.37. The SMILES string of the molecule is O=C(c1ccc(-c2ccc(F)cc2)cn1)N1CCCc2cc(C=CCN3CCCC3)ccc21. The molecule has 0 bridgehead atoms. The molecule has 2 aliphatic rings. The van der Waals surface area contributed by atoms with Gasteiger partial charge in [0.2, 0.25) is 0 Å². The number of hydrogen-bond donors (Lipinski definition) is 0. The summed E-state index contributed by atoms with van der Waals surface area (Å²) in [6, 6.07) is 16.3. The van der Waals surface area contributed by atoms with E-state index < -0.39 is 0 Å². The molecule has 2 aliphatic heterocycles. The molecule has 0 unspecified atom stereocenters. The maximum absolute atomic E-state index is 13.3. The quantitative estimate of drug-likeness (QED) is 0.518. The van der Waals surface area contributed by atoms with Gasteiger partial charge in [0.05, 0.1) is 0 Å². The van der Waals surface area contributed by atoms with Crippen LogP contribution in [0.25, 0.3) is 17.2 Å². The summed E-state index contributed by atoms with van der Waals surface area (Å²) in [7, 11) is 0. The highest BCUT2D eigenvalue weighted by Crippen LogP contribution is 2.30. The first-order valence-electron chi connectivity index (χ1n) is 11.7. The summed E-state index contributed by atoms with van der Waals surface area (Å²) < 4.78 is 13.2. The van der Waals surface area contributed by atoms with Crippen LogP contribution in [0.15, 0.2) is 66.9 Å². The Morgan fingerprint density at radius 3 is 2.48 bits per heavy atom. The molecular weight excluding hydrogens is 413 g/mol. The van der Waals surface area contributed by atoms with Gasteiger partial charge in [0, 0.05) is 30.5 Å². The number of halogens is 1. The molecule has 0 spiro atoms. The Kier molecular flexibility index (Phi) is 6.31. The Balaban J connectivity index is 1.30. The highest BCUT2D eigenvalue weighted by Gasteiger charge is 2.24. The minimum atomic E-state index is -0.271. The Morgan fingerprint density at radius 1 is 0.939 bits per heavy atom. The fraction of sp³-hybridized carbons (Fsp3) is 0.286. The topological polar surface area (TPSA) is 36.4 Å². The number of fused-ring (bicyclic) bond motifs is 1. The molecule has 2 aromatic carbocycles. The predicted octanol–water partition coefficient (Wildman–Crippen LogP) is 5.59. The van der Waals surface area contributed by atoms with Crippen LogP contribution in [-0.2, 0) is 6.42 Å². The normalized spacial score (nSPS) is 16.3. The Labute approximate surface area is 194 Å². The van der Waals surface area contributed by atoms with Crippen LogP contribution in [0.3, 0.4) is 0 Å². The van der Waals surface area contributed by atoms with Crippen molar-refractivity contribution in [2.24, 2.45) is 0 Å². The molecule has 1 fully saturated rings. The number of carbonyl (C=O) groups excluding carboxylic acids is 1. The largest absolute Gasteiger partial charge is 0.307 e. The number of aromatic nitrogens is 1. The van der Waals surface area contributed by atoms with Crippen molar-refractivity contribution in [1.29, 1.82) is 0 Å². The second-order valence-corrected chi connectivity index (χ2v) is 8.80. The van der Waals surface area contributed by atoms with Gasteiger partial charge in [-0.3, -0.25) is 14.7 Å². The van der Waals surface area contributed by atoms with Gasteiger partial charge in [-0.15, -0.1) is 0 Å². The van der Waals surface area contributed by atoms with E-state index in [1.54, 1.807) is 24.4 Å². The van der Waals surface area contributed by atoms with E-state index in [2.05, 4.69) is 40.2 Å². The van der Waals surface area contributed by atoms with E-state index in [1.807, 2.05) is 11.0 Å². The van der Waals surface area contributed by atoms with Gasteiger partial charge < -0.3 is 4.90 Å². The number of rotatable bonds is 5. The summed E-state index contributed by atoms with van der Waals surface area (Å²) in [5.74, 6) is -0.355. The molecular formula is C28H28FN3O. The highest BCUT2D eigenvalue weighted by molar-refractivity contribution is 6.05. The van der Waals surface area contributed by atoms with Crippen LogP contribution < -0.4 is 4.90 Å². The van der Waals surface area contributed by atoms with Gasteiger partial charge in [-0.2, -0.15) is 0 Å². The number of nitrogens with zero attached hydrogens (tertiary/aromatic N) is 3. The fourth-order valence-electron chi connectivity index (χ4n) is 4.71. The maximum Gasteiger partial charge on any atom is 0.276 e. The molecule has 5 rings (SSSR count). The van der Waals surface area contributed by atoms with Crippen molar-refractivity contribution in [2.75, 3.05) is 31.1 Å². The van der Waals surface area contributed by atoms with Crippen LogP contribution in [0.5, 0.6) is 0 Å². The highest BCUT2D eigenvalue weighted by atomic mass is 19.1. The van der Waals surface area contributed by atoms with E-state index in [0.29, 0.717) is 12.2 Å². The molecule has 1 aromatic heterocycles.